The monoisotopic (exact) mass is 248 g/mol. The average Bonchev–Trinajstić information content (AvgIpc) is 2.21. The maximum absolute atomic E-state index is 13.0. The quantitative estimate of drug-likeness (QED) is 0.804. The number of benzene rings is 1. The third-order valence-electron chi connectivity index (χ3n) is 2.91. The van der Waals surface area contributed by atoms with Gasteiger partial charge in [0.25, 0.3) is 0 Å². The third kappa shape index (κ3) is 2.71. The van der Waals surface area contributed by atoms with E-state index < -0.39 is 17.7 Å². The van der Waals surface area contributed by atoms with Crippen molar-refractivity contribution in [2.75, 3.05) is 0 Å². The SMILES string of the molecule is CC(C)C(C)C(O)c1cc(F)c(F)cc1Cl. The highest BCUT2D eigenvalue weighted by atomic mass is 35.5. The molecule has 0 aliphatic rings. The fourth-order valence-corrected chi connectivity index (χ4v) is 1.67. The maximum Gasteiger partial charge on any atom is 0.160 e. The molecule has 2 atom stereocenters. The minimum Gasteiger partial charge on any atom is -0.388 e. The molecule has 0 radical (unpaired) electrons. The van der Waals surface area contributed by atoms with Crippen LogP contribution in [-0.4, -0.2) is 5.11 Å². The van der Waals surface area contributed by atoms with Crippen molar-refractivity contribution in [1.29, 1.82) is 0 Å². The van der Waals surface area contributed by atoms with Crippen molar-refractivity contribution in [3.63, 3.8) is 0 Å². The molecular weight excluding hydrogens is 234 g/mol. The lowest BCUT2D eigenvalue weighted by molar-refractivity contribution is 0.0918. The van der Waals surface area contributed by atoms with Crippen LogP contribution in [0.1, 0.15) is 32.4 Å². The Hall–Kier alpha value is -0.670. The summed E-state index contributed by atoms with van der Waals surface area (Å²) in [5.41, 5.74) is 0.238. The second-order valence-electron chi connectivity index (χ2n) is 4.34. The van der Waals surface area contributed by atoms with Crippen molar-refractivity contribution in [3.8, 4) is 0 Å². The van der Waals surface area contributed by atoms with Crippen LogP contribution in [0.15, 0.2) is 12.1 Å². The zero-order valence-corrected chi connectivity index (χ0v) is 10.2. The normalized spacial score (nSPS) is 15.2. The van der Waals surface area contributed by atoms with Crippen LogP contribution in [0.25, 0.3) is 0 Å². The first kappa shape index (κ1) is 13.4. The summed E-state index contributed by atoms with van der Waals surface area (Å²) in [6, 6.07) is 1.85. The summed E-state index contributed by atoms with van der Waals surface area (Å²) in [6.45, 7) is 5.73. The maximum atomic E-state index is 13.0. The molecule has 0 aromatic heterocycles. The topological polar surface area (TPSA) is 20.2 Å². The first-order chi connectivity index (χ1) is 7.34. The Bertz CT molecular complexity index is 380. The van der Waals surface area contributed by atoms with Gasteiger partial charge in [-0.1, -0.05) is 32.4 Å². The van der Waals surface area contributed by atoms with Gasteiger partial charge in [-0.2, -0.15) is 0 Å². The van der Waals surface area contributed by atoms with E-state index in [1.165, 1.54) is 0 Å². The summed E-state index contributed by atoms with van der Waals surface area (Å²) in [4.78, 5) is 0. The molecule has 1 N–H and O–H groups in total. The Morgan fingerprint density at radius 1 is 1.12 bits per heavy atom. The predicted molar refractivity (Wildman–Crippen MR) is 60.3 cm³/mol. The highest BCUT2D eigenvalue weighted by Gasteiger charge is 2.23. The van der Waals surface area contributed by atoms with E-state index in [0.29, 0.717) is 0 Å². The van der Waals surface area contributed by atoms with Crippen LogP contribution < -0.4 is 0 Å². The Morgan fingerprint density at radius 2 is 1.62 bits per heavy atom. The van der Waals surface area contributed by atoms with Crippen molar-refractivity contribution >= 4 is 11.6 Å². The van der Waals surface area contributed by atoms with E-state index in [1.54, 1.807) is 0 Å². The van der Waals surface area contributed by atoms with E-state index in [4.69, 9.17) is 11.6 Å². The van der Waals surface area contributed by atoms with Gasteiger partial charge in [-0.15, -0.1) is 0 Å². The van der Waals surface area contributed by atoms with Crippen LogP contribution in [-0.2, 0) is 0 Å². The first-order valence-corrected chi connectivity index (χ1v) is 5.55. The van der Waals surface area contributed by atoms with Crippen LogP contribution in [0.2, 0.25) is 5.02 Å². The Balaban J connectivity index is 3.08. The lowest BCUT2D eigenvalue weighted by Gasteiger charge is -2.23. The highest BCUT2D eigenvalue weighted by Crippen LogP contribution is 2.33. The van der Waals surface area contributed by atoms with Gasteiger partial charge >= 0.3 is 0 Å². The first-order valence-electron chi connectivity index (χ1n) is 5.17. The van der Waals surface area contributed by atoms with E-state index in [2.05, 4.69) is 0 Å². The van der Waals surface area contributed by atoms with Crippen LogP contribution in [0, 0.1) is 23.5 Å². The Labute approximate surface area is 99.0 Å². The van der Waals surface area contributed by atoms with E-state index in [-0.39, 0.29) is 22.4 Å². The number of aliphatic hydroxyl groups is 1. The molecule has 0 aliphatic heterocycles. The van der Waals surface area contributed by atoms with Gasteiger partial charge in [-0.25, -0.2) is 8.78 Å². The molecular formula is C12H15ClF2O. The van der Waals surface area contributed by atoms with E-state index in [0.717, 1.165) is 12.1 Å². The van der Waals surface area contributed by atoms with Gasteiger partial charge in [0.1, 0.15) is 0 Å². The van der Waals surface area contributed by atoms with Gasteiger partial charge in [0.2, 0.25) is 0 Å². The molecule has 0 fully saturated rings. The lowest BCUT2D eigenvalue weighted by atomic mass is 9.88. The molecule has 1 aromatic rings. The van der Waals surface area contributed by atoms with Gasteiger partial charge in [0.15, 0.2) is 11.6 Å². The second kappa shape index (κ2) is 5.11. The molecule has 1 rings (SSSR count). The number of rotatable bonds is 3. The van der Waals surface area contributed by atoms with Crippen molar-refractivity contribution in [1.82, 2.24) is 0 Å². The summed E-state index contributed by atoms with van der Waals surface area (Å²) in [6.07, 6.45) is -0.886. The highest BCUT2D eigenvalue weighted by molar-refractivity contribution is 6.31. The Kier molecular flexibility index (Phi) is 4.28. The van der Waals surface area contributed by atoms with Gasteiger partial charge in [0.05, 0.1) is 6.10 Å². The van der Waals surface area contributed by atoms with Gasteiger partial charge in [-0.05, 0) is 24.0 Å². The summed E-state index contributed by atoms with van der Waals surface area (Å²) >= 11 is 5.78. The smallest absolute Gasteiger partial charge is 0.160 e. The Morgan fingerprint density at radius 3 is 2.12 bits per heavy atom. The van der Waals surface area contributed by atoms with Crippen LogP contribution in [0.3, 0.4) is 0 Å². The average molecular weight is 249 g/mol. The van der Waals surface area contributed by atoms with Crippen LogP contribution in [0.4, 0.5) is 8.78 Å². The molecule has 0 bridgehead atoms. The van der Waals surface area contributed by atoms with Gasteiger partial charge in [0, 0.05) is 10.6 Å². The van der Waals surface area contributed by atoms with E-state index >= 15 is 0 Å². The number of hydrogen-bond donors (Lipinski definition) is 1. The van der Waals surface area contributed by atoms with Crippen molar-refractivity contribution < 1.29 is 13.9 Å². The zero-order chi connectivity index (χ0) is 12.5. The molecule has 0 saturated heterocycles. The molecule has 0 saturated carbocycles. The summed E-state index contributed by atoms with van der Waals surface area (Å²) < 4.78 is 25.9. The molecule has 90 valence electrons. The van der Waals surface area contributed by atoms with Crippen LogP contribution >= 0.6 is 11.6 Å². The minimum absolute atomic E-state index is 0.0545. The molecule has 1 aromatic carbocycles. The summed E-state index contributed by atoms with van der Waals surface area (Å²) in [5.74, 6) is -1.85. The summed E-state index contributed by atoms with van der Waals surface area (Å²) in [5, 5.41) is 10.0. The van der Waals surface area contributed by atoms with E-state index in [1.807, 2.05) is 20.8 Å². The molecule has 2 unspecified atom stereocenters. The predicted octanol–water partition coefficient (Wildman–Crippen LogP) is 3.94. The molecule has 0 heterocycles. The van der Waals surface area contributed by atoms with E-state index in [9.17, 15) is 13.9 Å². The molecule has 0 amide bonds. The number of hydrogen-bond acceptors (Lipinski definition) is 1. The fraction of sp³-hybridized carbons (Fsp3) is 0.500. The molecule has 0 aliphatic carbocycles. The summed E-state index contributed by atoms with van der Waals surface area (Å²) in [7, 11) is 0. The molecule has 4 heteroatoms. The minimum atomic E-state index is -1.00. The molecule has 16 heavy (non-hydrogen) atoms. The van der Waals surface area contributed by atoms with Gasteiger partial charge in [-0.3, -0.25) is 0 Å². The third-order valence-corrected chi connectivity index (χ3v) is 3.24. The van der Waals surface area contributed by atoms with Crippen molar-refractivity contribution in [2.45, 2.75) is 26.9 Å². The zero-order valence-electron chi connectivity index (χ0n) is 9.47. The largest absolute Gasteiger partial charge is 0.388 e. The number of aliphatic hydroxyl groups excluding tert-OH is 1. The van der Waals surface area contributed by atoms with Crippen molar-refractivity contribution in [3.05, 3.63) is 34.4 Å². The van der Waals surface area contributed by atoms with Crippen LogP contribution in [0.5, 0.6) is 0 Å². The lowest BCUT2D eigenvalue weighted by Crippen LogP contribution is -2.15. The molecule has 1 nitrogen and oxygen atoms in total. The second-order valence-corrected chi connectivity index (χ2v) is 4.74. The number of halogens is 3. The fourth-order valence-electron chi connectivity index (χ4n) is 1.41. The van der Waals surface area contributed by atoms with Gasteiger partial charge < -0.3 is 5.11 Å². The van der Waals surface area contributed by atoms with Crippen molar-refractivity contribution in [2.24, 2.45) is 11.8 Å². The molecule has 0 spiro atoms. The standard InChI is InChI=1S/C12H15ClF2O/c1-6(2)7(3)12(16)8-4-10(14)11(15)5-9(8)13/h4-7,12,16H,1-3H3.